The minimum Gasteiger partial charge on any atom is -0.498 e. The summed E-state index contributed by atoms with van der Waals surface area (Å²) in [6, 6.07) is 8.74. The molecule has 8 aliphatic carbocycles. The van der Waals surface area contributed by atoms with Gasteiger partial charge in [-0.15, -0.1) is 0 Å². The summed E-state index contributed by atoms with van der Waals surface area (Å²) in [6.07, 6.45) is 11.7. The van der Waals surface area contributed by atoms with Crippen molar-refractivity contribution in [2.75, 3.05) is 131 Å². The van der Waals surface area contributed by atoms with Gasteiger partial charge in [0, 0.05) is 123 Å². The molecule has 626 valence electrons. The highest BCUT2D eigenvalue weighted by Crippen LogP contribution is 2.62. The Morgan fingerprint density at radius 3 is 1.83 bits per heavy atom. The molecule has 2 amide bonds. The number of carboxylic acid groups (broad SMARTS) is 1. The average molecular weight is 1600 g/mol. The Labute approximate surface area is 661 Å². The van der Waals surface area contributed by atoms with Gasteiger partial charge in [0.25, 0.3) is 5.91 Å². The lowest BCUT2D eigenvalue weighted by Crippen LogP contribution is -2.63. The zero-order valence-corrected chi connectivity index (χ0v) is 71.1. The molecule has 0 aromatic heterocycles. The van der Waals surface area contributed by atoms with Gasteiger partial charge in [0.1, 0.15) is 55.7 Å². The molecule has 12 rings (SSSR count). The SMILES string of the molecule is CCOC1=C(CN2O[C@@H](CO)[C@@H]([C@H](C)O)[C@H]2C(=O)N[C@H]2C[C@H]3C[C@@H]([C@@H]2C)C3(C)C)C=CCC1C1C=C(C(=O)N[C@H](CN(C)C)CS(C)(=O)=O)C=C(N(C)C)C1.CCOc1c(CN2O[C@@H](CO)[C@@H]([C@H](C)O)[C@H]2C(O)N[C@H]2C[C@H]3C[C@@H]([C@@H]2C)C3(C)C)cccc1-c1cc(C(=O)O)cc(N(C)C)c1.CN(C)C[C@@H](N)CS(C)(=O)=O. The van der Waals surface area contributed by atoms with Crippen LogP contribution < -0.4 is 31.3 Å². The number of nitrogens with two attached hydrogens (primary N) is 1. The van der Waals surface area contributed by atoms with Crippen molar-refractivity contribution in [3.8, 4) is 16.9 Å². The number of hydroxylamine groups is 4. The molecule has 111 heavy (non-hydrogen) atoms. The van der Waals surface area contributed by atoms with E-state index in [0.717, 1.165) is 46.7 Å². The van der Waals surface area contributed by atoms with Crippen LogP contribution in [0.3, 0.4) is 0 Å². The number of hydrogen-bond donors (Lipinski definition) is 10. The smallest absolute Gasteiger partial charge is 0.335 e. The number of aliphatic hydroxyl groups excluding tert-OH is 5. The molecule has 10 aliphatic rings. The maximum atomic E-state index is 14.3. The molecule has 2 aromatic rings. The summed E-state index contributed by atoms with van der Waals surface area (Å²) in [5.41, 5.74) is 11.5. The lowest BCUT2D eigenvalue weighted by atomic mass is 9.44. The number of rotatable bonds is 32. The lowest BCUT2D eigenvalue weighted by molar-refractivity contribution is -0.195. The van der Waals surface area contributed by atoms with Gasteiger partial charge in [-0.05, 0) is 177 Å². The summed E-state index contributed by atoms with van der Waals surface area (Å²) in [4.78, 5) is 60.3. The van der Waals surface area contributed by atoms with Gasteiger partial charge in [-0.2, -0.15) is 10.1 Å². The Balaban J connectivity index is 0.000000249. The van der Waals surface area contributed by atoms with E-state index in [1.54, 1.807) is 36.1 Å². The number of allylic oxidation sites excluding steroid dienone is 4. The first kappa shape index (κ1) is 90.9. The first-order valence-corrected chi connectivity index (χ1v) is 43.8. The van der Waals surface area contributed by atoms with Crippen molar-refractivity contribution in [1.82, 2.24) is 40.8 Å². The first-order chi connectivity index (χ1) is 51.8. The van der Waals surface area contributed by atoms with Gasteiger partial charge in [-0.1, -0.05) is 78.0 Å². The number of para-hydroxylation sites is 1. The van der Waals surface area contributed by atoms with Gasteiger partial charge < -0.3 is 76.1 Å². The molecule has 3 unspecified atom stereocenters. The van der Waals surface area contributed by atoms with Gasteiger partial charge >= 0.3 is 5.97 Å². The van der Waals surface area contributed by atoms with E-state index in [1.165, 1.54) is 25.4 Å². The van der Waals surface area contributed by atoms with E-state index < -0.39 is 86.2 Å². The number of carbonyl (C=O) groups excluding carboxylic acids is 2. The third-order valence-corrected chi connectivity index (χ3v) is 27.1. The van der Waals surface area contributed by atoms with Crippen molar-refractivity contribution < 1.29 is 81.0 Å². The second kappa shape index (κ2) is 38.0. The summed E-state index contributed by atoms with van der Waals surface area (Å²) in [5.74, 6) is 1.22. The number of anilines is 1. The maximum absolute atomic E-state index is 14.3. The zero-order valence-electron chi connectivity index (χ0n) is 69.5. The Morgan fingerprint density at radius 1 is 0.739 bits per heavy atom. The second-order valence-electron chi connectivity index (χ2n) is 35.0. The molecule has 2 aliphatic heterocycles. The zero-order chi connectivity index (χ0) is 82.4. The number of aromatic carboxylic acids is 1. The minimum absolute atomic E-state index is 0.0269. The number of ether oxygens (including phenoxy) is 2. The summed E-state index contributed by atoms with van der Waals surface area (Å²) in [7, 11) is 8.75. The number of nitrogens with one attached hydrogen (secondary N) is 3. The number of aliphatic hydroxyl groups is 5. The Kier molecular flexibility index (Phi) is 31.1. The van der Waals surface area contributed by atoms with Crippen LogP contribution in [0.5, 0.6) is 5.75 Å². The van der Waals surface area contributed by atoms with E-state index in [0.29, 0.717) is 97.0 Å². The maximum Gasteiger partial charge on any atom is 0.335 e. The predicted octanol–water partition coefficient (Wildman–Crippen LogP) is 5.39. The fraction of sp³-hybridized carbons (Fsp3) is 0.720. The van der Waals surface area contributed by atoms with Crippen molar-refractivity contribution in [2.45, 2.75) is 181 Å². The molecular weight excluding hydrogens is 1460 g/mol. The van der Waals surface area contributed by atoms with E-state index in [1.807, 2.05) is 132 Å². The molecule has 0 radical (unpaired) electrons. The number of likely N-dealkylation sites (N-methyl/N-ethyl adjacent to an activating group) is 2. The van der Waals surface area contributed by atoms with E-state index in [4.69, 9.17) is 24.9 Å². The molecule has 6 saturated carbocycles. The lowest BCUT2D eigenvalue weighted by Gasteiger charge is -2.62. The van der Waals surface area contributed by atoms with E-state index in [2.05, 4.69) is 63.6 Å². The Bertz CT molecular complexity index is 3880. The van der Waals surface area contributed by atoms with Crippen LogP contribution >= 0.6 is 0 Å². The van der Waals surface area contributed by atoms with Crippen molar-refractivity contribution in [1.29, 1.82) is 0 Å². The van der Waals surface area contributed by atoms with Gasteiger partial charge in [0.05, 0.1) is 80.9 Å². The number of nitrogens with zero attached hydrogens (tertiary/aromatic N) is 6. The molecule has 2 aromatic carbocycles. The van der Waals surface area contributed by atoms with Gasteiger partial charge in [-0.3, -0.25) is 24.6 Å². The fourth-order valence-electron chi connectivity index (χ4n) is 19.2. The number of hydrogen-bond acceptors (Lipinski definition) is 24. The van der Waals surface area contributed by atoms with Crippen LogP contribution in [0.2, 0.25) is 0 Å². The molecule has 2 heterocycles. The third kappa shape index (κ3) is 22.1. The van der Waals surface area contributed by atoms with Crippen LogP contribution in [0.25, 0.3) is 11.1 Å². The van der Waals surface area contributed by atoms with Crippen LogP contribution in [-0.4, -0.2) is 283 Å². The number of carboxylic acids is 1. The predicted molar refractivity (Wildman–Crippen MR) is 432 cm³/mol. The number of carbonyl (C=O) groups is 3. The molecule has 8 fully saturated rings. The van der Waals surface area contributed by atoms with Crippen molar-refractivity contribution in [3.05, 3.63) is 94.4 Å². The van der Waals surface area contributed by atoms with Gasteiger partial charge in [0.15, 0.2) is 0 Å². The largest absolute Gasteiger partial charge is 0.498 e. The molecule has 29 heteroatoms. The fourth-order valence-corrected chi connectivity index (χ4v) is 21.0. The first-order valence-electron chi connectivity index (χ1n) is 39.7. The Morgan fingerprint density at radius 2 is 1.32 bits per heavy atom. The quantitative estimate of drug-likeness (QED) is 0.0411. The number of benzene rings is 2. The number of sulfone groups is 2. The molecule has 4 bridgehead atoms. The Hall–Kier alpha value is -5.61. The minimum atomic E-state index is -3.35. The van der Waals surface area contributed by atoms with Crippen LogP contribution in [0.1, 0.15) is 124 Å². The van der Waals surface area contributed by atoms with Crippen LogP contribution in [0.4, 0.5) is 5.69 Å². The molecular formula is C82H134N10O17S2. The molecule has 2 saturated heterocycles. The molecule has 27 nitrogen and oxygen atoms in total. The van der Waals surface area contributed by atoms with Gasteiger partial charge in [-0.25, -0.2) is 21.6 Å². The molecule has 0 spiro atoms. The van der Waals surface area contributed by atoms with E-state index in [9.17, 15) is 61.9 Å². The summed E-state index contributed by atoms with van der Waals surface area (Å²) >= 11 is 0. The van der Waals surface area contributed by atoms with E-state index >= 15 is 0 Å². The summed E-state index contributed by atoms with van der Waals surface area (Å²) < 4.78 is 58.5. The van der Waals surface area contributed by atoms with Crippen LogP contribution in [-0.2, 0) is 50.2 Å². The van der Waals surface area contributed by atoms with Gasteiger partial charge in [0.2, 0.25) is 5.91 Å². The third-order valence-electron chi connectivity index (χ3n) is 25.0. The standard InChI is InChI=1S/C41H67N5O8S.C35H51N3O7.C6H16N2O2S/c1-11-53-38-26(20-46-37(36(25(3)48)35(22-47)54-46)40(50)43-34-19-29-18-33(24(34)2)41(29,4)5)13-12-14-32(38)27-15-28(17-31(16-27)45(8)9)39(49)42-30(21-44(6)7)23-55(10,51)52;1-8-44-32-21(10-9-11-26(32)22-12-23(34(42)43)14-25(13-22)37(6)7)17-38-31(30(20(3)40)29(18-39)45-38)33(41)36-28-16-24-15-27(19(28)2)35(24,4)5;1-8(2)4-6(7)5-11(3,9)10/h12-13,15,17,24-25,27,29-30,32-37,47-48H,11,14,16,18-23H2,1-10H3,(H,42,49)(H,43,50);9-14,19-20,24,27-31,33,36,39-41H,8,15-18H2,1-7H3,(H,42,43);6H,4-5,7H2,1-3H3/t24-,25-,27?,29+,30+,32?,33-,34-,35-,36+,37-;19-,20-,24+,27-,28-,29-,30+,31-,33?;6-/m001/s1. The summed E-state index contributed by atoms with van der Waals surface area (Å²) in [6.45, 7) is 22.5. The van der Waals surface area contributed by atoms with Crippen molar-refractivity contribution >= 4 is 43.1 Å². The summed E-state index contributed by atoms with van der Waals surface area (Å²) in [5, 5.41) is 77.3. The van der Waals surface area contributed by atoms with Crippen LogP contribution in [0.15, 0.2) is 83.3 Å². The number of amides is 2. The second-order valence-corrected chi connectivity index (χ2v) is 39.4. The monoisotopic (exact) mass is 1590 g/mol. The molecule has 21 atom stereocenters. The van der Waals surface area contributed by atoms with Crippen molar-refractivity contribution in [3.63, 3.8) is 0 Å². The number of fused-ring (bicyclic) bond motifs is 4. The molecule has 11 N–H and O–H groups in total. The highest BCUT2D eigenvalue weighted by molar-refractivity contribution is 7.91. The van der Waals surface area contributed by atoms with Crippen molar-refractivity contribution in [2.24, 2.45) is 75.7 Å². The highest BCUT2D eigenvalue weighted by atomic mass is 32.2. The van der Waals surface area contributed by atoms with E-state index in [-0.39, 0.29) is 90.6 Å². The van der Waals surface area contributed by atoms with Crippen LogP contribution in [0, 0.1) is 70.0 Å². The topological polar surface area (TPSA) is 359 Å². The normalized spacial score (nSPS) is 30.2. The average Bonchev–Trinajstić information content (AvgIpc) is 1.67. The highest BCUT2D eigenvalue weighted by Gasteiger charge is 2.59.